The predicted molar refractivity (Wildman–Crippen MR) is 116 cm³/mol. The Labute approximate surface area is 180 Å². The number of H-pyrrole nitrogens is 1. The van der Waals surface area contributed by atoms with Crippen LogP contribution in [0.1, 0.15) is 31.7 Å². The number of hydrogen-bond donors (Lipinski definition) is 2. The van der Waals surface area contributed by atoms with Crippen molar-refractivity contribution in [3.63, 3.8) is 0 Å². The van der Waals surface area contributed by atoms with Crippen molar-refractivity contribution in [3.8, 4) is 0 Å². The number of carbonyl (C=O) groups excluding carboxylic acids is 1. The predicted octanol–water partition coefficient (Wildman–Crippen LogP) is 5.77. The summed E-state index contributed by atoms with van der Waals surface area (Å²) >= 11 is 15.4. The second kappa shape index (κ2) is 7.93. The highest BCUT2D eigenvalue weighted by Crippen LogP contribution is 2.35. The molecular weight excluding hydrogens is 465 g/mol. The number of nitrogens with one attached hydrogen (secondary N) is 2. The van der Waals surface area contributed by atoms with Gasteiger partial charge >= 0.3 is 5.69 Å². The summed E-state index contributed by atoms with van der Waals surface area (Å²) in [4.78, 5) is 28.0. The summed E-state index contributed by atoms with van der Waals surface area (Å²) in [6, 6.07) is 10.9. The first-order valence-corrected chi connectivity index (χ1v) is 10.6. The molecule has 0 spiro atoms. The van der Waals surface area contributed by atoms with Gasteiger partial charge in [0, 0.05) is 22.1 Å². The molecule has 0 unspecified atom stereocenters. The van der Waals surface area contributed by atoms with E-state index in [1.165, 1.54) is 0 Å². The third-order valence-electron chi connectivity index (χ3n) is 5.32. The van der Waals surface area contributed by atoms with E-state index >= 15 is 0 Å². The van der Waals surface area contributed by atoms with Gasteiger partial charge in [0.05, 0.1) is 21.1 Å². The summed E-state index contributed by atoms with van der Waals surface area (Å²) in [5.74, 6) is -0.107. The van der Waals surface area contributed by atoms with E-state index in [0.717, 1.165) is 41.2 Å². The summed E-state index contributed by atoms with van der Waals surface area (Å²) < 4.78 is 2.70. The van der Waals surface area contributed by atoms with E-state index in [9.17, 15) is 9.59 Å². The van der Waals surface area contributed by atoms with Gasteiger partial charge in [-0.15, -0.1) is 0 Å². The van der Waals surface area contributed by atoms with Crippen LogP contribution in [0, 0.1) is 5.92 Å². The van der Waals surface area contributed by atoms with Gasteiger partial charge in [0.15, 0.2) is 0 Å². The van der Waals surface area contributed by atoms with Gasteiger partial charge in [0.2, 0.25) is 5.91 Å². The molecule has 4 rings (SSSR count). The molecule has 1 aromatic heterocycles. The minimum absolute atomic E-state index is 0.0224. The molecule has 5 nitrogen and oxygen atoms in total. The van der Waals surface area contributed by atoms with E-state index in [-0.39, 0.29) is 23.6 Å². The lowest BCUT2D eigenvalue weighted by molar-refractivity contribution is -0.121. The highest BCUT2D eigenvalue weighted by atomic mass is 79.9. The number of halogens is 3. The molecule has 28 heavy (non-hydrogen) atoms. The van der Waals surface area contributed by atoms with Gasteiger partial charge in [-0.05, 0) is 71.9 Å². The molecule has 8 heteroatoms. The van der Waals surface area contributed by atoms with Gasteiger partial charge in [-0.3, -0.25) is 9.36 Å². The lowest BCUT2D eigenvalue weighted by Gasteiger charge is -2.28. The van der Waals surface area contributed by atoms with Gasteiger partial charge in [0.1, 0.15) is 0 Å². The number of hydrogen-bond acceptors (Lipinski definition) is 2. The number of fused-ring (bicyclic) bond motifs is 1. The molecule has 1 aliphatic rings. The molecule has 2 N–H and O–H groups in total. The first-order valence-electron chi connectivity index (χ1n) is 9.08. The van der Waals surface area contributed by atoms with E-state index in [2.05, 4.69) is 26.2 Å². The third-order valence-corrected chi connectivity index (χ3v) is 6.72. The van der Waals surface area contributed by atoms with Crippen molar-refractivity contribution in [2.75, 3.05) is 5.32 Å². The van der Waals surface area contributed by atoms with Crippen LogP contribution in [0.5, 0.6) is 0 Å². The van der Waals surface area contributed by atoms with Crippen LogP contribution in [0.2, 0.25) is 10.0 Å². The number of anilines is 1. The maximum atomic E-state index is 12.6. The summed E-state index contributed by atoms with van der Waals surface area (Å²) in [7, 11) is 0. The number of aromatic amines is 1. The molecule has 1 heterocycles. The summed E-state index contributed by atoms with van der Waals surface area (Å²) in [5, 5.41) is 3.78. The van der Waals surface area contributed by atoms with Crippen LogP contribution in [0.25, 0.3) is 11.0 Å². The zero-order valence-electron chi connectivity index (χ0n) is 14.8. The van der Waals surface area contributed by atoms with Crippen molar-refractivity contribution in [1.29, 1.82) is 0 Å². The van der Waals surface area contributed by atoms with Crippen molar-refractivity contribution in [2.24, 2.45) is 5.92 Å². The molecule has 0 aliphatic heterocycles. The molecule has 1 saturated carbocycles. The van der Waals surface area contributed by atoms with Crippen LogP contribution < -0.4 is 11.0 Å². The number of nitrogens with zero attached hydrogens (tertiary/aromatic N) is 1. The standard InChI is InChI=1S/C20H18BrCl2N3O2/c21-14-2-1-3-17-18(14)25-20(28)26(17)13-7-4-11(5-8-13)19(27)24-12-6-9-15(22)16(23)10-12/h1-3,6,9-11,13H,4-5,7-8H2,(H,24,27)(H,25,28). The van der Waals surface area contributed by atoms with E-state index in [4.69, 9.17) is 23.2 Å². The number of imidazole rings is 1. The van der Waals surface area contributed by atoms with Crippen LogP contribution in [0.15, 0.2) is 45.7 Å². The minimum atomic E-state index is -0.106. The Morgan fingerprint density at radius 1 is 1.11 bits per heavy atom. The van der Waals surface area contributed by atoms with E-state index in [0.29, 0.717) is 15.7 Å². The summed E-state index contributed by atoms with van der Waals surface area (Å²) in [6.45, 7) is 0. The van der Waals surface area contributed by atoms with E-state index in [1.54, 1.807) is 18.2 Å². The smallest absolute Gasteiger partial charge is 0.326 e. The van der Waals surface area contributed by atoms with Crippen molar-refractivity contribution >= 4 is 61.8 Å². The number of benzene rings is 2. The number of aromatic nitrogens is 2. The third kappa shape index (κ3) is 3.73. The highest BCUT2D eigenvalue weighted by Gasteiger charge is 2.29. The van der Waals surface area contributed by atoms with Crippen molar-refractivity contribution in [3.05, 3.63) is 61.4 Å². The van der Waals surface area contributed by atoms with Crippen molar-refractivity contribution < 1.29 is 4.79 Å². The maximum absolute atomic E-state index is 12.6. The van der Waals surface area contributed by atoms with Gasteiger partial charge in [-0.1, -0.05) is 29.3 Å². The fourth-order valence-electron chi connectivity index (χ4n) is 3.89. The Kier molecular flexibility index (Phi) is 5.54. The number of carbonyl (C=O) groups is 1. The maximum Gasteiger partial charge on any atom is 0.326 e. The number of amides is 1. The highest BCUT2D eigenvalue weighted by molar-refractivity contribution is 9.10. The molecule has 0 saturated heterocycles. The lowest BCUT2D eigenvalue weighted by Crippen LogP contribution is -2.31. The first-order chi connectivity index (χ1) is 13.4. The molecule has 3 aromatic rings. The topological polar surface area (TPSA) is 66.9 Å². The normalized spacial score (nSPS) is 19.7. The zero-order chi connectivity index (χ0) is 19.8. The Bertz CT molecular complexity index is 1100. The second-order valence-corrected chi connectivity index (χ2v) is 8.73. The molecule has 1 aliphatic carbocycles. The van der Waals surface area contributed by atoms with E-state index in [1.807, 2.05) is 22.8 Å². The Morgan fingerprint density at radius 2 is 1.86 bits per heavy atom. The molecule has 0 bridgehead atoms. The first kappa shape index (κ1) is 19.6. The number of para-hydroxylation sites is 1. The Balaban J connectivity index is 1.45. The molecule has 1 amide bonds. The largest absolute Gasteiger partial charge is 0.326 e. The molecule has 0 radical (unpaired) electrons. The quantitative estimate of drug-likeness (QED) is 0.497. The zero-order valence-corrected chi connectivity index (χ0v) is 17.9. The number of rotatable bonds is 3. The van der Waals surface area contributed by atoms with Crippen LogP contribution >= 0.6 is 39.1 Å². The molecule has 2 aromatic carbocycles. The minimum Gasteiger partial charge on any atom is -0.326 e. The average molecular weight is 483 g/mol. The average Bonchev–Trinajstić information content (AvgIpc) is 3.02. The van der Waals surface area contributed by atoms with Crippen molar-refractivity contribution in [2.45, 2.75) is 31.7 Å². The van der Waals surface area contributed by atoms with Crippen molar-refractivity contribution in [1.82, 2.24) is 9.55 Å². The van der Waals surface area contributed by atoms with Crippen LogP contribution in [0.4, 0.5) is 5.69 Å². The SMILES string of the molecule is O=C(Nc1ccc(Cl)c(Cl)c1)C1CCC(n2c(=O)[nH]c3c(Br)cccc32)CC1. The lowest BCUT2D eigenvalue weighted by atomic mass is 9.85. The second-order valence-electron chi connectivity index (χ2n) is 7.06. The monoisotopic (exact) mass is 481 g/mol. The molecule has 146 valence electrons. The fourth-order valence-corrected chi connectivity index (χ4v) is 4.64. The van der Waals surface area contributed by atoms with Crippen LogP contribution in [-0.2, 0) is 4.79 Å². The van der Waals surface area contributed by atoms with Gasteiger partial charge in [-0.2, -0.15) is 0 Å². The molecule has 1 fully saturated rings. The Morgan fingerprint density at radius 3 is 2.57 bits per heavy atom. The van der Waals surface area contributed by atoms with Gasteiger partial charge in [0.25, 0.3) is 0 Å². The molecule has 0 atom stereocenters. The van der Waals surface area contributed by atoms with Crippen LogP contribution in [0.3, 0.4) is 0 Å². The summed E-state index contributed by atoms with van der Waals surface area (Å²) in [5.41, 5.74) is 2.24. The fraction of sp³-hybridized carbons (Fsp3) is 0.300. The Hall–Kier alpha value is -1.76. The van der Waals surface area contributed by atoms with Gasteiger partial charge < -0.3 is 10.3 Å². The van der Waals surface area contributed by atoms with Crippen LogP contribution in [-0.4, -0.2) is 15.5 Å². The van der Waals surface area contributed by atoms with E-state index < -0.39 is 0 Å². The summed E-state index contributed by atoms with van der Waals surface area (Å²) in [6.07, 6.45) is 3.01. The molecular formula is C20H18BrCl2N3O2. The van der Waals surface area contributed by atoms with Gasteiger partial charge in [-0.25, -0.2) is 4.79 Å².